The van der Waals surface area contributed by atoms with E-state index in [0.717, 1.165) is 42.5 Å². The molecule has 2 aromatic rings. The number of carbonyl (C=O) groups excluding carboxylic acids is 1. The molecule has 4 heterocycles. The van der Waals surface area contributed by atoms with Gasteiger partial charge in [-0.15, -0.1) is 11.3 Å². The van der Waals surface area contributed by atoms with Crippen LogP contribution in [0.2, 0.25) is 0 Å². The first kappa shape index (κ1) is 19.3. The molecule has 0 spiro atoms. The van der Waals surface area contributed by atoms with Crippen LogP contribution in [0.15, 0.2) is 10.2 Å². The Bertz CT molecular complexity index is 908. The molecule has 2 aliphatic rings. The van der Waals surface area contributed by atoms with Crippen LogP contribution in [0.1, 0.15) is 43.2 Å². The minimum Gasteiger partial charge on any atom is -0.353 e. The van der Waals surface area contributed by atoms with Crippen molar-refractivity contribution in [1.29, 1.82) is 0 Å². The third-order valence-electron chi connectivity index (χ3n) is 5.75. The molecule has 0 radical (unpaired) electrons. The molecule has 9 heteroatoms. The standard InChI is InChI=1S/C19H28N6O2S/c1-12(2)23-8-14(9-23)18(26)21-15-4-5-17-22-25(19(27)24(17)7-6-15)10-16-11-28-13(3)20-16/h11-12,14-15H,4-10H2,1-3H3,(H,21,26). The van der Waals surface area contributed by atoms with Gasteiger partial charge in [0.1, 0.15) is 5.82 Å². The fraction of sp³-hybridized carbons (Fsp3) is 0.684. The van der Waals surface area contributed by atoms with Gasteiger partial charge in [-0.25, -0.2) is 14.5 Å². The number of nitrogens with zero attached hydrogens (tertiary/aromatic N) is 5. The molecular formula is C19H28N6O2S. The summed E-state index contributed by atoms with van der Waals surface area (Å²) < 4.78 is 3.27. The summed E-state index contributed by atoms with van der Waals surface area (Å²) in [5.74, 6) is 1.06. The van der Waals surface area contributed by atoms with E-state index in [1.54, 1.807) is 15.9 Å². The van der Waals surface area contributed by atoms with Gasteiger partial charge >= 0.3 is 5.69 Å². The maximum atomic E-state index is 12.7. The van der Waals surface area contributed by atoms with Crippen LogP contribution in [0.4, 0.5) is 0 Å². The minimum absolute atomic E-state index is 0.0841. The lowest BCUT2D eigenvalue weighted by molar-refractivity contribution is -0.131. The summed E-state index contributed by atoms with van der Waals surface area (Å²) in [5.41, 5.74) is 0.790. The van der Waals surface area contributed by atoms with Gasteiger partial charge in [-0.1, -0.05) is 0 Å². The Balaban J connectivity index is 1.34. The fourth-order valence-electron chi connectivity index (χ4n) is 3.93. The van der Waals surface area contributed by atoms with Gasteiger partial charge in [0, 0.05) is 43.5 Å². The molecule has 2 aliphatic heterocycles. The summed E-state index contributed by atoms with van der Waals surface area (Å²) in [6.45, 7) is 8.97. The van der Waals surface area contributed by atoms with Crippen LogP contribution in [0.5, 0.6) is 0 Å². The normalized spacial score (nSPS) is 20.6. The van der Waals surface area contributed by atoms with E-state index in [9.17, 15) is 9.59 Å². The van der Waals surface area contributed by atoms with Gasteiger partial charge in [-0.2, -0.15) is 5.10 Å². The number of aromatic nitrogens is 4. The fourth-order valence-corrected chi connectivity index (χ4v) is 4.53. The van der Waals surface area contributed by atoms with E-state index in [4.69, 9.17) is 0 Å². The van der Waals surface area contributed by atoms with Crippen LogP contribution in [0.25, 0.3) is 0 Å². The van der Waals surface area contributed by atoms with Crippen molar-refractivity contribution < 1.29 is 4.79 Å². The number of nitrogens with one attached hydrogen (secondary N) is 1. The quantitative estimate of drug-likeness (QED) is 0.804. The van der Waals surface area contributed by atoms with E-state index >= 15 is 0 Å². The van der Waals surface area contributed by atoms with Gasteiger partial charge in [0.15, 0.2) is 0 Å². The monoisotopic (exact) mass is 404 g/mol. The highest BCUT2D eigenvalue weighted by Gasteiger charge is 2.35. The summed E-state index contributed by atoms with van der Waals surface area (Å²) in [6, 6.07) is 0.602. The van der Waals surface area contributed by atoms with E-state index in [-0.39, 0.29) is 23.6 Å². The number of likely N-dealkylation sites (tertiary alicyclic amines) is 1. The van der Waals surface area contributed by atoms with Crippen LogP contribution in [0, 0.1) is 12.8 Å². The van der Waals surface area contributed by atoms with Gasteiger partial charge in [-0.3, -0.25) is 14.3 Å². The predicted octanol–water partition coefficient (Wildman–Crippen LogP) is 1.02. The number of rotatable bonds is 5. The zero-order valence-electron chi connectivity index (χ0n) is 16.7. The Kier molecular flexibility index (Phi) is 5.37. The second kappa shape index (κ2) is 7.79. The smallest absolute Gasteiger partial charge is 0.346 e. The van der Waals surface area contributed by atoms with Crippen molar-refractivity contribution in [2.45, 2.75) is 65.2 Å². The summed E-state index contributed by atoms with van der Waals surface area (Å²) in [5, 5.41) is 10.7. The highest BCUT2D eigenvalue weighted by atomic mass is 32.1. The lowest BCUT2D eigenvalue weighted by Gasteiger charge is -2.41. The lowest BCUT2D eigenvalue weighted by atomic mass is 9.96. The molecular weight excluding hydrogens is 376 g/mol. The van der Waals surface area contributed by atoms with E-state index in [1.165, 1.54) is 4.68 Å². The van der Waals surface area contributed by atoms with Gasteiger partial charge in [-0.05, 0) is 33.6 Å². The third kappa shape index (κ3) is 3.91. The average Bonchev–Trinajstić information content (AvgIpc) is 3.05. The van der Waals surface area contributed by atoms with Crippen molar-refractivity contribution in [1.82, 2.24) is 29.5 Å². The molecule has 1 unspecified atom stereocenters. The van der Waals surface area contributed by atoms with Gasteiger partial charge in [0.05, 0.1) is 23.2 Å². The SMILES string of the molecule is Cc1nc(Cn2nc3n(c2=O)CCC(NC(=O)C2CN(C(C)C)C2)CC3)cs1. The van der Waals surface area contributed by atoms with Crippen LogP contribution in [-0.2, 0) is 24.3 Å². The average molecular weight is 405 g/mol. The third-order valence-corrected chi connectivity index (χ3v) is 6.57. The van der Waals surface area contributed by atoms with Crippen LogP contribution < -0.4 is 11.0 Å². The topological polar surface area (TPSA) is 85.0 Å². The van der Waals surface area contributed by atoms with Crippen molar-refractivity contribution in [3.8, 4) is 0 Å². The predicted molar refractivity (Wildman–Crippen MR) is 108 cm³/mol. The summed E-state index contributed by atoms with van der Waals surface area (Å²) in [7, 11) is 0. The number of hydrogen-bond acceptors (Lipinski definition) is 6. The number of amides is 1. The molecule has 1 fully saturated rings. The van der Waals surface area contributed by atoms with Gasteiger partial charge in [0.2, 0.25) is 5.91 Å². The van der Waals surface area contributed by atoms with Crippen LogP contribution in [0.3, 0.4) is 0 Å². The summed E-state index contributed by atoms with van der Waals surface area (Å²) in [6.07, 6.45) is 2.28. The summed E-state index contributed by atoms with van der Waals surface area (Å²) in [4.78, 5) is 31.9. The first-order chi connectivity index (χ1) is 13.4. The lowest BCUT2D eigenvalue weighted by Crippen LogP contribution is -2.57. The van der Waals surface area contributed by atoms with Crippen LogP contribution >= 0.6 is 11.3 Å². The Labute approximate surface area is 168 Å². The molecule has 1 N–H and O–H groups in total. The van der Waals surface area contributed by atoms with E-state index in [2.05, 4.69) is 34.1 Å². The molecule has 1 saturated heterocycles. The number of thiazole rings is 1. The molecule has 0 saturated carbocycles. The van der Waals surface area contributed by atoms with Crippen molar-refractivity contribution >= 4 is 17.2 Å². The van der Waals surface area contributed by atoms with E-state index in [1.807, 2.05) is 12.3 Å². The van der Waals surface area contributed by atoms with Crippen LogP contribution in [-0.4, -0.2) is 55.3 Å². The Morgan fingerprint density at radius 1 is 1.36 bits per heavy atom. The first-order valence-electron chi connectivity index (χ1n) is 10.0. The summed E-state index contributed by atoms with van der Waals surface area (Å²) >= 11 is 1.58. The Hall–Kier alpha value is -2.00. The molecule has 28 heavy (non-hydrogen) atoms. The van der Waals surface area contributed by atoms with Crippen molar-refractivity contribution in [2.24, 2.45) is 5.92 Å². The molecule has 0 bridgehead atoms. The molecule has 1 atom stereocenters. The largest absolute Gasteiger partial charge is 0.353 e. The highest BCUT2D eigenvalue weighted by molar-refractivity contribution is 7.09. The highest BCUT2D eigenvalue weighted by Crippen LogP contribution is 2.20. The number of hydrogen-bond donors (Lipinski definition) is 1. The van der Waals surface area contributed by atoms with Crippen molar-refractivity contribution in [3.05, 3.63) is 32.4 Å². The molecule has 152 valence electrons. The molecule has 0 aliphatic carbocycles. The maximum Gasteiger partial charge on any atom is 0.346 e. The maximum absolute atomic E-state index is 12.7. The zero-order chi connectivity index (χ0) is 19.8. The minimum atomic E-state index is -0.0841. The Morgan fingerprint density at radius 2 is 2.14 bits per heavy atom. The molecule has 0 aromatic carbocycles. The molecule has 4 rings (SSSR count). The van der Waals surface area contributed by atoms with Crippen molar-refractivity contribution in [3.63, 3.8) is 0 Å². The first-order valence-corrected chi connectivity index (χ1v) is 10.9. The van der Waals surface area contributed by atoms with Gasteiger partial charge < -0.3 is 5.32 Å². The van der Waals surface area contributed by atoms with E-state index < -0.39 is 0 Å². The second-order valence-corrected chi connectivity index (χ2v) is 9.21. The molecule has 2 aromatic heterocycles. The molecule has 1 amide bonds. The number of fused-ring (bicyclic) bond motifs is 1. The number of carbonyl (C=O) groups is 1. The second-order valence-electron chi connectivity index (χ2n) is 8.14. The Morgan fingerprint density at radius 3 is 2.82 bits per heavy atom. The van der Waals surface area contributed by atoms with Gasteiger partial charge in [0.25, 0.3) is 0 Å². The van der Waals surface area contributed by atoms with E-state index in [0.29, 0.717) is 25.6 Å². The molecule has 8 nitrogen and oxygen atoms in total. The zero-order valence-corrected chi connectivity index (χ0v) is 17.5. The number of aryl methyl sites for hydroxylation is 2. The van der Waals surface area contributed by atoms with Crippen molar-refractivity contribution in [2.75, 3.05) is 13.1 Å².